The Hall–Kier alpha value is -2.67. The van der Waals surface area contributed by atoms with Crippen LogP contribution in [-0.2, 0) is 28.9 Å². The first kappa shape index (κ1) is 22.6. The summed E-state index contributed by atoms with van der Waals surface area (Å²) in [5.41, 5.74) is 10.0. The highest BCUT2D eigenvalue weighted by Gasteiger charge is 2.24. The maximum atomic E-state index is 11.4. The highest BCUT2D eigenvalue weighted by molar-refractivity contribution is 5.70. The Labute approximate surface area is 171 Å². The minimum absolute atomic E-state index is 0.316. The van der Waals surface area contributed by atoms with E-state index in [2.05, 4.69) is 27.8 Å². The first-order valence-corrected chi connectivity index (χ1v) is 10.3. The minimum Gasteiger partial charge on any atom is -0.481 e. The van der Waals surface area contributed by atoms with E-state index in [0.717, 1.165) is 49.2 Å². The average molecular weight is 402 g/mol. The number of nitrogens with two attached hydrogens (primary N) is 1. The molecular formula is C22H31N3O4. The van der Waals surface area contributed by atoms with E-state index in [1.54, 1.807) is 0 Å². The molecule has 0 saturated heterocycles. The van der Waals surface area contributed by atoms with Gasteiger partial charge in [0.25, 0.3) is 0 Å². The van der Waals surface area contributed by atoms with Crippen molar-refractivity contribution in [3.63, 3.8) is 0 Å². The number of aliphatic carboxylic acids is 2. The average Bonchev–Trinajstić information content (AvgIpc) is 3.13. The summed E-state index contributed by atoms with van der Waals surface area (Å²) in [6, 6.07) is 8.30. The molecule has 3 rings (SSSR count). The maximum Gasteiger partial charge on any atom is 0.306 e. The number of carboxylic acid groups (broad SMARTS) is 2. The van der Waals surface area contributed by atoms with Gasteiger partial charge in [-0.3, -0.25) is 9.59 Å². The summed E-state index contributed by atoms with van der Waals surface area (Å²) in [6.45, 7) is 2.50. The van der Waals surface area contributed by atoms with Crippen molar-refractivity contribution >= 4 is 11.9 Å². The quantitative estimate of drug-likeness (QED) is 0.594. The number of hydrogen-bond donors (Lipinski definition) is 3. The number of aryl methyl sites for hydroxylation is 1. The number of rotatable bonds is 9. The lowest BCUT2D eigenvalue weighted by Crippen LogP contribution is -2.20. The first-order chi connectivity index (χ1) is 14.0. The molecule has 1 aliphatic rings. The summed E-state index contributed by atoms with van der Waals surface area (Å²) in [4.78, 5) is 25.7. The molecule has 1 aromatic carbocycles. The number of benzene rings is 1. The van der Waals surface area contributed by atoms with Crippen molar-refractivity contribution in [3.8, 4) is 5.69 Å². The molecule has 1 aromatic heterocycles. The standard InChI is InChI=1S/C17H21N3O2.C5H10O2/c18-9-3-5-13(17(21)22)10-14-16-8-7-12-4-1-2-6-15(12)20(16)11-19-14;1-2-3-4-5(6)7/h1-2,4,6,11,13H,3,5,7-10,18H2,(H,21,22);2-4H2,1H3,(H,6,7)/t13-;/m0./s1. The van der Waals surface area contributed by atoms with Crippen LogP contribution in [0, 0.1) is 5.92 Å². The van der Waals surface area contributed by atoms with Gasteiger partial charge in [-0.2, -0.15) is 0 Å². The smallest absolute Gasteiger partial charge is 0.306 e. The molecule has 0 amide bonds. The molecular weight excluding hydrogens is 370 g/mol. The lowest BCUT2D eigenvalue weighted by molar-refractivity contribution is -0.142. The van der Waals surface area contributed by atoms with Crippen LogP contribution in [0.15, 0.2) is 30.6 Å². The van der Waals surface area contributed by atoms with Crippen LogP contribution in [0.3, 0.4) is 0 Å². The van der Waals surface area contributed by atoms with Gasteiger partial charge in [-0.05, 0) is 50.3 Å². The van der Waals surface area contributed by atoms with Crippen LogP contribution < -0.4 is 5.73 Å². The normalized spacial score (nSPS) is 12.9. The predicted octanol–water partition coefficient (Wildman–Crippen LogP) is 3.21. The van der Waals surface area contributed by atoms with Crippen LogP contribution in [-0.4, -0.2) is 38.2 Å². The van der Waals surface area contributed by atoms with Gasteiger partial charge in [0, 0.05) is 24.2 Å². The zero-order valence-corrected chi connectivity index (χ0v) is 17.0. The van der Waals surface area contributed by atoms with Crippen LogP contribution in [0.2, 0.25) is 0 Å². The van der Waals surface area contributed by atoms with Crippen molar-refractivity contribution in [1.82, 2.24) is 9.55 Å². The molecule has 0 aliphatic carbocycles. The molecule has 7 heteroatoms. The van der Waals surface area contributed by atoms with Gasteiger partial charge in [-0.15, -0.1) is 0 Å². The molecule has 2 heterocycles. The molecule has 4 N–H and O–H groups in total. The zero-order chi connectivity index (χ0) is 21.2. The Morgan fingerprint density at radius 2 is 1.97 bits per heavy atom. The van der Waals surface area contributed by atoms with Crippen LogP contribution in [0.25, 0.3) is 5.69 Å². The SMILES string of the molecule is CCCCC(=O)O.NCCC[C@@H](Cc1ncn2c1CCc1ccccc1-2)C(=O)O. The Balaban J connectivity index is 0.000000370. The van der Waals surface area contributed by atoms with Crippen LogP contribution in [0.1, 0.15) is 56.0 Å². The molecule has 29 heavy (non-hydrogen) atoms. The Bertz CT molecular complexity index is 816. The Kier molecular flexibility index (Phi) is 8.86. The fraction of sp³-hybridized carbons (Fsp3) is 0.500. The van der Waals surface area contributed by atoms with Crippen molar-refractivity contribution in [2.45, 2.75) is 58.3 Å². The van der Waals surface area contributed by atoms with Crippen molar-refractivity contribution < 1.29 is 19.8 Å². The summed E-state index contributed by atoms with van der Waals surface area (Å²) in [6.07, 6.45) is 7.62. The lowest BCUT2D eigenvalue weighted by atomic mass is 9.94. The summed E-state index contributed by atoms with van der Waals surface area (Å²) in [5, 5.41) is 17.4. The molecule has 0 spiro atoms. The van der Waals surface area contributed by atoms with E-state index in [-0.39, 0.29) is 0 Å². The van der Waals surface area contributed by atoms with E-state index in [0.29, 0.717) is 25.8 Å². The first-order valence-electron chi connectivity index (χ1n) is 10.3. The molecule has 0 bridgehead atoms. The summed E-state index contributed by atoms with van der Waals surface area (Å²) >= 11 is 0. The zero-order valence-electron chi connectivity index (χ0n) is 17.0. The maximum absolute atomic E-state index is 11.4. The number of hydrogen-bond acceptors (Lipinski definition) is 4. The second-order valence-corrected chi connectivity index (χ2v) is 7.30. The van der Waals surface area contributed by atoms with E-state index >= 15 is 0 Å². The Morgan fingerprint density at radius 1 is 1.21 bits per heavy atom. The lowest BCUT2D eigenvalue weighted by Gasteiger charge is -2.20. The monoisotopic (exact) mass is 401 g/mol. The molecule has 158 valence electrons. The third-order valence-electron chi connectivity index (χ3n) is 5.13. The van der Waals surface area contributed by atoms with Crippen LogP contribution in [0.4, 0.5) is 0 Å². The molecule has 0 unspecified atom stereocenters. The highest BCUT2D eigenvalue weighted by atomic mass is 16.4. The van der Waals surface area contributed by atoms with Gasteiger partial charge >= 0.3 is 11.9 Å². The van der Waals surface area contributed by atoms with E-state index in [1.807, 2.05) is 19.3 Å². The topological polar surface area (TPSA) is 118 Å². The third-order valence-corrected chi connectivity index (χ3v) is 5.13. The van der Waals surface area contributed by atoms with Gasteiger partial charge in [0.15, 0.2) is 0 Å². The van der Waals surface area contributed by atoms with Crippen molar-refractivity contribution in [2.24, 2.45) is 11.7 Å². The predicted molar refractivity (Wildman–Crippen MR) is 111 cm³/mol. The number of nitrogens with zero attached hydrogens (tertiary/aromatic N) is 2. The molecule has 2 aromatic rings. The molecule has 7 nitrogen and oxygen atoms in total. The summed E-state index contributed by atoms with van der Waals surface area (Å²) in [5.74, 6) is -1.85. The van der Waals surface area contributed by atoms with Crippen LogP contribution >= 0.6 is 0 Å². The number of unbranched alkanes of at least 4 members (excludes halogenated alkanes) is 1. The fourth-order valence-corrected chi connectivity index (χ4v) is 3.50. The fourth-order valence-electron chi connectivity index (χ4n) is 3.50. The van der Waals surface area contributed by atoms with Gasteiger partial charge < -0.3 is 20.5 Å². The molecule has 1 atom stereocenters. The van der Waals surface area contributed by atoms with E-state index in [9.17, 15) is 14.7 Å². The number of fused-ring (bicyclic) bond motifs is 3. The largest absolute Gasteiger partial charge is 0.481 e. The molecule has 0 fully saturated rings. The van der Waals surface area contributed by atoms with Crippen LogP contribution in [0.5, 0.6) is 0 Å². The van der Waals surface area contributed by atoms with Gasteiger partial charge in [0.1, 0.15) is 0 Å². The summed E-state index contributed by atoms with van der Waals surface area (Å²) < 4.78 is 2.11. The van der Waals surface area contributed by atoms with Gasteiger partial charge in [-0.25, -0.2) is 4.98 Å². The summed E-state index contributed by atoms with van der Waals surface area (Å²) in [7, 11) is 0. The van der Waals surface area contributed by atoms with Gasteiger partial charge in [0.05, 0.1) is 17.9 Å². The molecule has 0 radical (unpaired) electrons. The Morgan fingerprint density at radius 3 is 2.59 bits per heavy atom. The number of aromatic nitrogens is 2. The second kappa shape index (κ2) is 11.4. The third kappa shape index (κ3) is 6.42. The number of carboxylic acids is 2. The van der Waals surface area contributed by atoms with E-state index in [1.165, 1.54) is 5.56 Å². The number of para-hydroxylation sites is 1. The highest BCUT2D eigenvalue weighted by Crippen LogP contribution is 2.27. The van der Waals surface area contributed by atoms with Crippen molar-refractivity contribution in [2.75, 3.05) is 6.54 Å². The van der Waals surface area contributed by atoms with Crippen molar-refractivity contribution in [1.29, 1.82) is 0 Å². The van der Waals surface area contributed by atoms with Crippen molar-refractivity contribution in [3.05, 3.63) is 47.5 Å². The minimum atomic E-state index is -0.758. The van der Waals surface area contributed by atoms with E-state index in [4.69, 9.17) is 10.8 Å². The molecule has 1 aliphatic heterocycles. The molecule has 0 saturated carbocycles. The number of carbonyl (C=O) groups is 2. The second-order valence-electron chi connectivity index (χ2n) is 7.30. The van der Waals surface area contributed by atoms with Gasteiger partial charge in [0.2, 0.25) is 0 Å². The van der Waals surface area contributed by atoms with E-state index < -0.39 is 17.9 Å². The number of imidazole rings is 1. The van der Waals surface area contributed by atoms with Gasteiger partial charge in [-0.1, -0.05) is 31.5 Å².